The smallest absolute Gasteiger partial charge is 0.220 e. The van der Waals surface area contributed by atoms with Crippen molar-refractivity contribution in [3.8, 4) is 11.3 Å². The van der Waals surface area contributed by atoms with Gasteiger partial charge in [0.1, 0.15) is 0 Å². The van der Waals surface area contributed by atoms with Crippen molar-refractivity contribution in [2.45, 2.75) is 25.9 Å². The lowest BCUT2D eigenvalue weighted by Gasteiger charge is -2.07. The molecular formula is C23H20Cl2N4O2. The Morgan fingerprint density at radius 2 is 1.90 bits per heavy atom. The maximum absolute atomic E-state index is 12.2. The fourth-order valence-electron chi connectivity index (χ4n) is 3.10. The van der Waals surface area contributed by atoms with Crippen LogP contribution in [0.2, 0.25) is 10.0 Å². The zero-order valence-electron chi connectivity index (χ0n) is 16.6. The molecule has 4 aromatic rings. The summed E-state index contributed by atoms with van der Waals surface area (Å²) < 4.78 is 7.74. The van der Waals surface area contributed by atoms with Gasteiger partial charge in [0, 0.05) is 48.9 Å². The van der Waals surface area contributed by atoms with Crippen molar-refractivity contribution in [3.05, 3.63) is 94.4 Å². The second kappa shape index (κ2) is 9.81. The van der Waals surface area contributed by atoms with Gasteiger partial charge in [-0.15, -0.1) is 0 Å². The number of nitrogens with one attached hydrogen (secondary N) is 1. The lowest BCUT2D eigenvalue weighted by atomic mass is 10.1. The van der Waals surface area contributed by atoms with E-state index in [9.17, 15) is 4.79 Å². The summed E-state index contributed by atoms with van der Waals surface area (Å²) in [5.41, 5.74) is 2.93. The highest BCUT2D eigenvalue weighted by atomic mass is 35.5. The number of imidazole rings is 1. The molecule has 2 aromatic heterocycles. The van der Waals surface area contributed by atoms with Crippen molar-refractivity contribution >= 4 is 29.1 Å². The molecule has 0 aliphatic carbocycles. The number of aryl methyl sites for hydroxylation is 1. The SMILES string of the molecule is O=C(CCc1ncc(-c2ccc(Cl)cc2Cl)o1)NCc1ccc(Cn2ccnc2)cc1. The molecule has 0 aliphatic rings. The Morgan fingerprint density at radius 1 is 1.10 bits per heavy atom. The second-order valence-electron chi connectivity index (χ2n) is 7.07. The van der Waals surface area contributed by atoms with Crippen LogP contribution < -0.4 is 5.32 Å². The number of nitrogens with zero attached hydrogens (tertiary/aromatic N) is 3. The molecule has 4 rings (SSSR count). The summed E-state index contributed by atoms with van der Waals surface area (Å²) in [4.78, 5) is 20.5. The molecule has 0 bridgehead atoms. The number of carbonyl (C=O) groups is 1. The Bertz CT molecular complexity index is 1150. The molecule has 0 unspecified atom stereocenters. The number of aromatic nitrogens is 3. The summed E-state index contributed by atoms with van der Waals surface area (Å²) in [5, 5.41) is 3.97. The third-order valence-corrected chi connectivity index (χ3v) is 5.30. The molecule has 1 N–H and O–H groups in total. The number of rotatable bonds is 8. The Hall–Kier alpha value is -3.09. The minimum atomic E-state index is -0.0632. The van der Waals surface area contributed by atoms with Gasteiger partial charge in [-0.25, -0.2) is 9.97 Å². The first-order valence-corrected chi connectivity index (χ1v) is 10.5. The van der Waals surface area contributed by atoms with E-state index in [2.05, 4.69) is 27.4 Å². The highest BCUT2D eigenvalue weighted by Crippen LogP contribution is 2.30. The predicted octanol–water partition coefficient (Wildman–Crippen LogP) is 5.14. The highest BCUT2D eigenvalue weighted by Gasteiger charge is 2.12. The lowest BCUT2D eigenvalue weighted by Crippen LogP contribution is -2.23. The van der Waals surface area contributed by atoms with Crippen molar-refractivity contribution in [3.63, 3.8) is 0 Å². The zero-order chi connectivity index (χ0) is 21.6. The number of oxazole rings is 1. The van der Waals surface area contributed by atoms with Crippen molar-refractivity contribution in [2.75, 3.05) is 0 Å². The van der Waals surface area contributed by atoms with E-state index in [4.69, 9.17) is 27.6 Å². The maximum Gasteiger partial charge on any atom is 0.220 e. The summed E-state index contributed by atoms with van der Waals surface area (Å²) in [6.07, 6.45) is 7.77. The molecule has 6 nitrogen and oxygen atoms in total. The van der Waals surface area contributed by atoms with Crippen molar-refractivity contribution < 1.29 is 9.21 Å². The van der Waals surface area contributed by atoms with E-state index >= 15 is 0 Å². The molecule has 0 fully saturated rings. The number of benzene rings is 2. The molecular weight excluding hydrogens is 435 g/mol. The number of carbonyl (C=O) groups excluding carboxylic acids is 1. The third-order valence-electron chi connectivity index (χ3n) is 4.75. The van der Waals surface area contributed by atoms with Crippen molar-refractivity contribution in [2.24, 2.45) is 0 Å². The quantitative estimate of drug-likeness (QED) is 0.399. The Balaban J connectivity index is 1.25. The fraction of sp³-hybridized carbons (Fsp3) is 0.174. The van der Waals surface area contributed by atoms with Gasteiger partial charge in [-0.1, -0.05) is 47.5 Å². The zero-order valence-corrected chi connectivity index (χ0v) is 18.1. The second-order valence-corrected chi connectivity index (χ2v) is 7.91. The summed E-state index contributed by atoms with van der Waals surface area (Å²) in [7, 11) is 0. The van der Waals surface area contributed by atoms with Crippen LogP contribution in [0.25, 0.3) is 11.3 Å². The lowest BCUT2D eigenvalue weighted by molar-refractivity contribution is -0.121. The van der Waals surface area contributed by atoms with Gasteiger partial charge in [0.15, 0.2) is 11.7 Å². The number of hydrogen-bond acceptors (Lipinski definition) is 4. The van der Waals surface area contributed by atoms with Crippen molar-refractivity contribution in [1.29, 1.82) is 0 Å². The van der Waals surface area contributed by atoms with Gasteiger partial charge >= 0.3 is 0 Å². The van der Waals surface area contributed by atoms with Crippen LogP contribution in [0.4, 0.5) is 0 Å². The van der Waals surface area contributed by atoms with E-state index in [1.54, 1.807) is 36.9 Å². The molecule has 1 amide bonds. The van der Waals surface area contributed by atoms with Crippen LogP contribution in [0, 0.1) is 0 Å². The van der Waals surface area contributed by atoms with Crippen LogP contribution in [0.15, 0.2) is 71.8 Å². The molecule has 2 aromatic carbocycles. The van der Waals surface area contributed by atoms with Crippen LogP contribution in [0.3, 0.4) is 0 Å². The van der Waals surface area contributed by atoms with Crippen molar-refractivity contribution in [1.82, 2.24) is 19.9 Å². The molecule has 0 saturated carbocycles. The molecule has 8 heteroatoms. The Labute approximate surface area is 189 Å². The van der Waals surface area contributed by atoms with E-state index in [0.717, 1.165) is 12.1 Å². The molecule has 31 heavy (non-hydrogen) atoms. The maximum atomic E-state index is 12.2. The van der Waals surface area contributed by atoms with Gasteiger partial charge in [0.05, 0.1) is 17.5 Å². The van der Waals surface area contributed by atoms with Crippen LogP contribution in [-0.2, 0) is 24.3 Å². The van der Waals surface area contributed by atoms with Gasteiger partial charge in [-0.2, -0.15) is 0 Å². The Morgan fingerprint density at radius 3 is 2.65 bits per heavy atom. The normalized spacial score (nSPS) is 10.9. The van der Waals surface area contributed by atoms with Gasteiger partial charge < -0.3 is 14.3 Å². The van der Waals surface area contributed by atoms with E-state index in [-0.39, 0.29) is 12.3 Å². The topological polar surface area (TPSA) is 73.0 Å². The largest absolute Gasteiger partial charge is 0.441 e. The number of hydrogen-bond donors (Lipinski definition) is 1. The first-order chi connectivity index (χ1) is 15.1. The first-order valence-electron chi connectivity index (χ1n) is 9.77. The minimum Gasteiger partial charge on any atom is -0.441 e. The van der Waals surface area contributed by atoms with E-state index in [1.807, 2.05) is 22.9 Å². The predicted molar refractivity (Wildman–Crippen MR) is 120 cm³/mol. The average Bonchev–Trinajstić information content (AvgIpc) is 3.44. The molecule has 158 valence electrons. The summed E-state index contributed by atoms with van der Waals surface area (Å²) in [6.45, 7) is 1.24. The van der Waals surface area contributed by atoms with Crippen LogP contribution in [0.1, 0.15) is 23.4 Å². The van der Waals surface area contributed by atoms with Gasteiger partial charge in [-0.05, 0) is 29.3 Å². The highest BCUT2D eigenvalue weighted by molar-refractivity contribution is 6.36. The molecule has 2 heterocycles. The minimum absolute atomic E-state index is 0.0632. The van der Waals surface area contributed by atoms with Crippen LogP contribution in [-0.4, -0.2) is 20.4 Å². The third kappa shape index (κ3) is 5.75. The molecule has 0 saturated heterocycles. The first kappa shape index (κ1) is 21.2. The van der Waals surface area contributed by atoms with Crippen LogP contribution >= 0.6 is 23.2 Å². The standard InChI is InChI=1S/C23H20Cl2N4O2/c24-18-5-6-19(20(25)11-18)21-13-28-23(31-21)8-7-22(30)27-12-16-1-3-17(4-2-16)14-29-10-9-26-15-29/h1-6,9-11,13,15H,7-8,12,14H2,(H,27,30). The number of amides is 1. The van der Waals surface area contributed by atoms with E-state index in [1.165, 1.54) is 5.56 Å². The monoisotopic (exact) mass is 454 g/mol. The van der Waals surface area contributed by atoms with E-state index in [0.29, 0.717) is 40.2 Å². The fourth-order valence-corrected chi connectivity index (χ4v) is 3.60. The molecule has 0 aliphatic heterocycles. The Kier molecular flexibility index (Phi) is 6.70. The van der Waals surface area contributed by atoms with Gasteiger partial charge in [0.25, 0.3) is 0 Å². The summed E-state index contributed by atoms with van der Waals surface area (Å²) in [5.74, 6) is 0.972. The average molecular weight is 455 g/mol. The summed E-state index contributed by atoms with van der Waals surface area (Å²) in [6, 6.07) is 13.3. The van der Waals surface area contributed by atoms with Gasteiger partial charge in [-0.3, -0.25) is 4.79 Å². The summed E-state index contributed by atoms with van der Waals surface area (Å²) >= 11 is 12.1. The molecule has 0 atom stereocenters. The number of halogens is 2. The molecule has 0 radical (unpaired) electrons. The van der Waals surface area contributed by atoms with Gasteiger partial charge in [0.2, 0.25) is 5.91 Å². The van der Waals surface area contributed by atoms with E-state index < -0.39 is 0 Å². The van der Waals surface area contributed by atoms with Crippen LogP contribution in [0.5, 0.6) is 0 Å². The molecule has 0 spiro atoms.